The fourth-order valence-electron chi connectivity index (χ4n) is 3.76. The van der Waals surface area contributed by atoms with Gasteiger partial charge in [0.15, 0.2) is 17.5 Å². The topological polar surface area (TPSA) is 91.5 Å². The number of aromatic nitrogens is 3. The first-order valence-electron chi connectivity index (χ1n) is 8.72. The lowest BCUT2D eigenvalue weighted by Gasteiger charge is -2.15. The molecule has 0 bridgehead atoms. The van der Waals surface area contributed by atoms with Crippen LogP contribution < -0.4 is 0 Å². The van der Waals surface area contributed by atoms with Gasteiger partial charge in [-0.15, -0.1) is 0 Å². The number of aryl methyl sites for hydroxylation is 2. The number of para-hydroxylation sites is 1. The summed E-state index contributed by atoms with van der Waals surface area (Å²) in [5.74, 6) is -2.27. The van der Waals surface area contributed by atoms with Crippen LogP contribution in [0.3, 0.4) is 0 Å². The molecule has 1 aliphatic heterocycles. The maximum Gasteiger partial charge on any atom is 0.191 e. The molecule has 6 nitrogen and oxygen atoms in total. The molecule has 0 fully saturated rings. The first kappa shape index (κ1) is 16.3. The molecule has 1 aromatic carbocycles. The van der Waals surface area contributed by atoms with E-state index in [1.54, 1.807) is 6.92 Å². The quantitative estimate of drug-likeness (QED) is 0.580. The van der Waals surface area contributed by atoms with Crippen LogP contribution in [0.5, 0.6) is 0 Å². The molecule has 26 heavy (non-hydrogen) atoms. The van der Waals surface area contributed by atoms with Gasteiger partial charge in [0, 0.05) is 34.4 Å². The Hall–Kier alpha value is -3.20. The normalized spacial score (nSPS) is 14.6. The summed E-state index contributed by atoms with van der Waals surface area (Å²) in [6, 6.07) is 9.34. The molecule has 0 saturated carbocycles. The number of carbonyl (C=O) groups is 2. The van der Waals surface area contributed by atoms with Crippen molar-refractivity contribution in [3.05, 3.63) is 53.0 Å². The molecule has 0 amide bonds. The number of H-pyrrole nitrogens is 1. The molecular formula is C20H18N4O2. The van der Waals surface area contributed by atoms with Gasteiger partial charge in [0.05, 0.1) is 17.8 Å². The van der Waals surface area contributed by atoms with E-state index < -0.39 is 17.5 Å². The maximum atomic E-state index is 13.1. The molecule has 1 N–H and O–H groups in total. The van der Waals surface area contributed by atoms with Gasteiger partial charge in [-0.25, -0.2) is 0 Å². The minimum Gasteiger partial charge on any atom is -0.358 e. The maximum absolute atomic E-state index is 13.1. The molecule has 0 radical (unpaired) electrons. The van der Waals surface area contributed by atoms with Crippen molar-refractivity contribution in [2.24, 2.45) is 5.92 Å². The standard InChI is InChI=1S/C20H18N4O2/c1-12-18(13-6-2-3-7-16(13)23-12)20(26)14(10-21)19(25)15-11-22-24-9-5-4-8-17(15)24/h2-3,6-7,11,14,23H,4-5,8-9H2,1H3. The minimum absolute atomic E-state index is 0.405. The van der Waals surface area contributed by atoms with E-state index in [-0.39, 0.29) is 0 Å². The highest BCUT2D eigenvalue weighted by Gasteiger charge is 2.34. The Balaban J connectivity index is 1.74. The monoisotopic (exact) mass is 346 g/mol. The Morgan fingerprint density at radius 2 is 2.08 bits per heavy atom. The van der Waals surface area contributed by atoms with Crippen LogP contribution in [0.15, 0.2) is 30.5 Å². The van der Waals surface area contributed by atoms with E-state index in [4.69, 9.17) is 0 Å². The van der Waals surface area contributed by atoms with E-state index in [1.165, 1.54) is 6.20 Å². The molecule has 1 unspecified atom stereocenters. The lowest BCUT2D eigenvalue weighted by molar-refractivity contribution is 0.0846. The molecule has 2 aromatic heterocycles. The Bertz CT molecular complexity index is 1070. The van der Waals surface area contributed by atoms with Gasteiger partial charge in [0.1, 0.15) is 0 Å². The number of fused-ring (bicyclic) bond motifs is 2. The molecule has 0 aliphatic carbocycles. The third-order valence-electron chi connectivity index (χ3n) is 5.04. The van der Waals surface area contributed by atoms with Gasteiger partial charge >= 0.3 is 0 Å². The van der Waals surface area contributed by atoms with E-state index in [9.17, 15) is 14.9 Å². The minimum atomic E-state index is -1.36. The van der Waals surface area contributed by atoms with Crippen molar-refractivity contribution in [1.82, 2.24) is 14.8 Å². The first-order chi connectivity index (χ1) is 12.6. The zero-order valence-electron chi connectivity index (χ0n) is 14.5. The molecule has 3 heterocycles. The lowest BCUT2D eigenvalue weighted by Crippen LogP contribution is -2.25. The fourth-order valence-corrected chi connectivity index (χ4v) is 3.76. The number of rotatable bonds is 4. The van der Waals surface area contributed by atoms with Crippen molar-refractivity contribution in [3.8, 4) is 6.07 Å². The summed E-state index contributed by atoms with van der Waals surface area (Å²) in [7, 11) is 0. The van der Waals surface area contributed by atoms with E-state index in [1.807, 2.05) is 35.0 Å². The van der Waals surface area contributed by atoms with Gasteiger partial charge in [-0.1, -0.05) is 18.2 Å². The number of hydrogen-bond donors (Lipinski definition) is 1. The van der Waals surface area contributed by atoms with E-state index >= 15 is 0 Å². The SMILES string of the molecule is Cc1[nH]c2ccccc2c1C(=O)C(C#N)C(=O)c1cnn2c1CCCC2. The second-order valence-electron chi connectivity index (χ2n) is 6.65. The number of Topliss-reactive ketones (excluding diaryl/α,β-unsaturated/α-hetero) is 2. The van der Waals surface area contributed by atoms with Gasteiger partial charge in [-0.05, 0) is 32.3 Å². The number of nitrogens with zero attached hydrogens (tertiary/aromatic N) is 3. The average Bonchev–Trinajstić information content (AvgIpc) is 3.22. The van der Waals surface area contributed by atoms with E-state index in [0.29, 0.717) is 16.8 Å². The lowest BCUT2D eigenvalue weighted by atomic mass is 9.89. The van der Waals surface area contributed by atoms with E-state index in [2.05, 4.69) is 10.1 Å². The van der Waals surface area contributed by atoms with Crippen LogP contribution in [-0.2, 0) is 13.0 Å². The summed E-state index contributed by atoms with van der Waals surface area (Å²) >= 11 is 0. The summed E-state index contributed by atoms with van der Waals surface area (Å²) in [4.78, 5) is 29.2. The Morgan fingerprint density at radius 3 is 2.88 bits per heavy atom. The third-order valence-corrected chi connectivity index (χ3v) is 5.04. The van der Waals surface area contributed by atoms with Crippen LogP contribution in [0, 0.1) is 24.2 Å². The van der Waals surface area contributed by atoms with Crippen molar-refractivity contribution >= 4 is 22.5 Å². The van der Waals surface area contributed by atoms with Crippen molar-refractivity contribution in [3.63, 3.8) is 0 Å². The zero-order valence-corrected chi connectivity index (χ0v) is 14.5. The van der Waals surface area contributed by atoms with Gasteiger partial charge in [-0.2, -0.15) is 10.4 Å². The molecule has 4 rings (SSSR count). The number of nitrogens with one attached hydrogen (secondary N) is 1. The van der Waals surface area contributed by atoms with Crippen molar-refractivity contribution < 1.29 is 9.59 Å². The highest BCUT2D eigenvalue weighted by Crippen LogP contribution is 2.27. The van der Waals surface area contributed by atoms with Crippen molar-refractivity contribution in [1.29, 1.82) is 5.26 Å². The molecule has 3 aromatic rings. The largest absolute Gasteiger partial charge is 0.358 e. The summed E-state index contributed by atoms with van der Waals surface area (Å²) < 4.78 is 1.81. The smallest absolute Gasteiger partial charge is 0.191 e. The molecule has 0 saturated heterocycles. The Kier molecular flexibility index (Phi) is 3.92. The summed E-state index contributed by atoms with van der Waals surface area (Å²) in [5.41, 5.74) is 3.15. The van der Waals surface area contributed by atoms with Crippen molar-refractivity contribution in [2.45, 2.75) is 32.7 Å². The summed E-state index contributed by atoms with van der Waals surface area (Å²) in [6.07, 6.45) is 4.26. The van der Waals surface area contributed by atoms with Gasteiger partial charge in [0.2, 0.25) is 0 Å². The Labute approximate surface area is 150 Å². The number of nitriles is 1. The highest BCUT2D eigenvalue weighted by molar-refractivity contribution is 6.22. The molecule has 1 aliphatic rings. The number of hydrogen-bond acceptors (Lipinski definition) is 4. The van der Waals surface area contributed by atoms with E-state index in [0.717, 1.165) is 42.4 Å². The Morgan fingerprint density at radius 1 is 1.27 bits per heavy atom. The van der Waals surface area contributed by atoms with Gasteiger partial charge in [0.25, 0.3) is 0 Å². The van der Waals surface area contributed by atoms with Crippen LogP contribution in [0.25, 0.3) is 10.9 Å². The van der Waals surface area contributed by atoms with Crippen LogP contribution in [-0.4, -0.2) is 26.3 Å². The average molecular weight is 346 g/mol. The van der Waals surface area contributed by atoms with Crippen LogP contribution >= 0.6 is 0 Å². The highest BCUT2D eigenvalue weighted by atomic mass is 16.2. The second-order valence-corrected chi connectivity index (χ2v) is 6.65. The number of carbonyl (C=O) groups excluding carboxylic acids is 2. The van der Waals surface area contributed by atoms with Crippen LogP contribution in [0.1, 0.15) is 44.9 Å². The number of aromatic amines is 1. The van der Waals surface area contributed by atoms with Crippen LogP contribution in [0.4, 0.5) is 0 Å². The molecule has 0 spiro atoms. The summed E-state index contributed by atoms with van der Waals surface area (Å²) in [6.45, 7) is 2.56. The molecular weight excluding hydrogens is 328 g/mol. The first-order valence-corrected chi connectivity index (χ1v) is 8.72. The fraction of sp³-hybridized carbons (Fsp3) is 0.300. The van der Waals surface area contributed by atoms with Crippen molar-refractivity contribution in [2.75, 3.05) is 0 Å². The third kappa shape index (κ3) is 2.44. The summed E-state index contributed by atoms with van der Waals surface area (Å²) in [5, 5.41) is 14.6. The predicted molar refractivity (Wildman–Crippen MR) is 96.0 cm³/mol. The predicted octanol–water partition coefficient (Wildman–Crippen LogP) is 3.21. The molecule has 6 heteroatoms. The number of benzene rings is 1. The van der Waals surface area contributed by atoms with Crippen LogP contribution in [0.2, 0.25) is 0 Å². The molecule has 1 atom stereocenters. The number of ketones is 2. The van der Waals surface area contributed by atoms with Gasteiger partial charge in [-0.3, -0.25) is 14.3 Å². The zero-order chi connectivity index (χ0) is 18.3. The second kappa shape index (κ2) is 6.26. The molecule has 130 valence electrons. The van der Waals surface area contributed by atoms with Gasteiger partial charge < -0.3 is 4.98 Å².